The molecular formula is C27H23N3O. The van der Waals surface area contributed by atoms with Crippen LogP contribution in [0.5, 0.6) is 0 Å². The summed E-state index contributed by atoms with van der Waals surface area (Å²) in [6.45, 7) is 0.293. The molecule has 0 atom stereocenters. The smallest absolute Gasteiger partial charge is 0.258 e. The first-order valence-corrected chi connectivity index (χ1v) is 10.2. The Hall–Kier alpha value is -4.18. The quantitative estimate of drug-likeness (QED) is 0.308. The van der Waals surface area contributed by atoms with E-state index in [1.54, 1.807) is 4.90 Å². The minimum absolute atomic E-state index is 0.0811. The molecule has 4 aromatic rings. The van der Waals surface area contributed by atoms with Gasteiger partial charge in [0, 0.05) is 16.9 Å². The molecule has 4 rings (SSSR count). The predicted molar refractivity (Wildman–Crippen MR) is 128 cm³/mol. The number of benzene rings is 4. The van der Waals surface area contributed by atoms with Crippen LogP contribution in [0.25, 0.3) is 0 Å². The molecule has 0 fully saturated rings. The molecular weight excluding hydrogens is 382 g/mol. The third-order valence-electron chi connectivity index (χ3n) is 4.72. The molecule has 4 heteroatoms. The zero-order chi connectivity index (χ0) is 21.3. The second-order valence-electron chi connectivity index (χ2n) is 6.98. The number of rotatable bonds is 6. The molecule has 0 aliphatic rings. The first kappa shape index (κ1) is 20.1. The summed E-state index contributed by atoms with van der Waals surface area (Å²) in [5.74, 6) is 0.591. The minimum Gasteiger partial charge on any atom is -0.342 e. The molecule has 4 nitrogen and oxygen atoms in total. The van der Waals surface area contributed by atoms with Crippen LogP contribution in [0, 0.1) is 0 Å². The maximum atomic E-state index is 13.4. The average Bonchev–Trinajstić information content (AvgIpc) is 2.84. The number of amides is 1. The fourth-order valence-electron chi connectivity index (χ4n) is 3.22. The van der Waals surface area contributed by atoms with E-state index in [1.165, 1.54) is 0 Å². The topological polar surface area (TPSA) is 44.7 Å². The van der Waals surface area contributed by atoms with Crippen LogP contribution in [0.1, 0.15) is 10.4 Å². The van der Waals surface area contributed by atoms with Gasteiger partial charge < -0.3 is 10.2 Å². The maximum absolute atomic E-state index is 13.4. The van der Waals surface area contributed by atoms with Crippen LogP contribution in [-0.4, -0.2) is 18.3 Å². The molecule has 0 aliphatic carbocycles. The molecule has 0 heterocycles. The Morgan fingerprint density at radius 2 is 1.19 bits per heavy atom. The fraction of sp³-hybridized carbons (Fsp3) is 0.0370. The van der Waals surface area contributed by atoms with Crippen molar-refractivity contribution in [2.24, 2.45) is 4.99 Å². The van der Waals surface area contributed by atoms with Crippen LogP contribution >= 0.6 is 0 Å². The number of hydrogen-bond acceptors (Lipinski definition) is 2. The molecule has 0 spiro atoms. The highest BCUT2D eigenvalue weighted by Crippen LogP contribution is 2.19. The number of anilines is 2. The van der Waals surface area contributed by atoms with Crippen LogP contribution in [-0.2, 0) is 0 Å². The molecule has 1 amide bonds. The molecule has 1 N–H and O–H groups in total. The van der Waals surface area contributed by atoms with Crippen LogP contribution in [0.4, 0.5) is 17.1 Å². The van der Waals surface area contributed by atoms with E-state index in [0.29, 0.717) is 17.9 Å². The van der Waals surface area contributed by atoms with Gasteiger partial charge in [-0.25, -0.2) is 4.99 Å². The van der Waals surface area contributed by atoms with Crippen molar-refractivity contribution >= 4 is 28.8 Å². The van der Waals surface area contributed by atoms with Gasteiger partial charge >= 0.3 is 0 Å². The van der Waals surface area contributed by atoms with Crippen LogP contribution < -0.4 is 10.2 Å². The van der Waals surface area contributed by atoms with Gasteiger partial charge in [-0.15, -0.1) is 0 Å². The number of para-hydroxylation sites is 3. The van der Waals surface area contributed by atoms with Crippen LogP contribution in [0.15, 0.2) is 126 Å². The number of amidine groups is 1. The second kappa shape index (κ2) is 10.0. The molecule has 0 aliphatic heterocycles. The lowest BCUT2D eigenvalue weighted by Gasteiger charge is -2.24. The lowest BCUT2D eigenvalue weighted by molar-refractivity contribution is 0.0990. The molecule has 0 saturated heterocycles. The monoisotopic (exact) mass is 405 g/mol. The van der Waals surface area contributed by atoms with E-state index >= 15 is 0 Å². The summed E-state index contributed by atoms with van der Waals surface area (Å²) in [6, 6.07) is 38.6. The van der Waals surface area contributed by atoms with Crippen LogP contribution in [0.2, 0.25) is 0 Å². The first-order valence-electron chi connectivity index (χ1n) is 10.2. The molecule has 4 aromatic carbocycles. The second-order valence-corrected chi connectivity index (χ2v) is 6.98. The SMILES string of the molecule is O=C(c1ccccc1)N(CC(=Nc1ccccc1)Nc1ccccc1)c1ccccc1. The molecule has 152 valence electrons. The Labute approximate surface area is 182 Å². The first-order chi connectivity index (χ1) is 15.3. The Morgan fingerprint density at radius 1 is 0.677 bits per heavy atom. The number of carbonyl (C=O) groups is 1. The van der Waals surface area contributed by atoms with Gasteiger partial charge in [-0.2, -0.15) is 0 Å². The highest BCUT2D eigenvalue weighted by Gasteiger charge is 2.20. The van der Waals surface area contributed by atoms with E-state index in [4.69, 9.17) is 4.99 Å². The largest absolute Gasteiger partial charge is 0.342 e. The average molecular weight is 406 g/mol. The third kappa shape index (κ3) is 5.46. The van der Waals surface area contributed by atoms with Gasteiger partial charge in [0.05, 0.1) is 12.2 Å². The maximum Gasteiger partial charge on any atom is 0.258 e. The lowest BCUT2D eigenvalue weighted by Crippen LogP contribution is -2.38. The van der Waals surface area contributed by atoms with E-state index in [-0.39, 0.29) is 5.91 Å². The zero-order valence-electron chi connectivity index (χ0n) is 17.1. The van der Waals surface area contributed by atoms with Gasteiger partial charge in [-0.1, -0.05) is 72.8 Å². The Bertz CT molecular complexity index is 1130. The molecule has 0 radical (unpaired) electrons. The molecule has 0 saturated carbocycles. The van der Waals surface area contributed by atoms with Crippen molar-refractivity contribution in [3.05, 3.63) is 127 Å². The van der Waals surface area contributed by atoms with Crippen molar-refractivity contribution in [2.75, 3.05) is 16.8 Å². The molecule has 0 bridgehead atoms. The fourth-order valence-corrected chi connectivity index (χ4v) is 3.22. The van der Waals surface area contributed by atoms with Crippen LogP contribution in [0.3, 0.4) is 0 Å². The van der Waals surface area contributed by atoms with Gasteiger partial charge in [-0.3, -0.25) is 4.79 Å². The summed E-state index contributed by atoms with van der Waals surface area (Å²) < 4.78 is 0. The van der Waals surface area contributed by atoms with Crippen molar-refractivity contribution in [1.29, 1.82) is 0 Å². The Kier molecular flexibility index (Phi) is 6.51. The van der Waals surface area contributed by atoms with Gasteiger partial charge in [-0.05, 0) is 48.5 Å². The van der Waals surface area contributed by atoms with Gasteiger partial charge in [0.25, 0.3) is 5.91 Å². The van der Waals surface area contributed by atoms with Crippen molar-refractivity contribution in [3.8, 4) is 0 Å². The molecule has 31 heavy (non-hydrogen) atoms. The van der Waals surface area contributed by atoms with E-state index < -0.39 is 0 Å². The summed E-state index contributed by atoms with van der Waals surface area (Å²) in [4.78, 5) is 20.0. The predicted octanol–water partition coefficient (Wildman–Crippen LogP) is 6.18. The summed E-state index contributed by atoms with van der Waals surface area (Å²) in [5, 5.41) is 3.39. The molecule has 0 unspecified atom stereocenters. The highest BCUT2D eigenvalue weighted by molar-refractivity contribution is 6.11. The minimum atomic E-state index is -0.0811. The number of hydrogen-bond donors (Lipinski definition) is 1. The molecule has 0 aromatic heterocycles. The zero-order valence-corrected chi connectivity index (χ0v) is 17.1. The van der Waals surface area contributed by atoms with Crippen molar-refractivity contribution in [3.63, 3.8) is 0 Å². The Balaban J connectivity index is 1.71. The van der Waals surface area contributed by atoms with Gasteiger partial charge in [0.2, 0.25) is 0 Å². The lowest BCUT2D eigenvalue weighted by atomic mass is 10.1. The van der Waals surface area contributed by atoms with E-state index in [2.05, 4.69) is 5.32 Å². The normalized spacial score (nSPS) is 11.0. The van der Waals surface area contributed by atoms with E-state index in [9.17, 15) is 4.79 Å². The number of aliphatic imine (C=N–C) groups is 1. The Morgan fingerprint density at radius 3 is 1.81 bits per heavy atom. The number of nitrogens with one attached hydrogen (secondary N) is 1. The van der Waals surface area contributed by atoms with Crippen molar-refractivity contribution in [1.82, 2.24) is 0 Å². The van der Waals surface area contributed by atoms with Gasteiger partial charge in [0.1, 0.15) is 5.84 Å². The van der Waals surface area contributed by atoms with Gasteiger partial charge in [0.15, 0.2) is 0 Å². The standard InChI is InChI=1S/C27H23N3O/c31-27(22-13-5-1-6-14-22)30(25-19-11-4-12-20-25)21-26(28-23-15-7-2-8-16-23)29-24-17-9-3-10-18-24/h1-20H,21H2,(H,28,29). The van der Waals surface area contributed by atoms with E-state index in [1.807, 2.05) is 121 Å². The summed E-state index contributed by atoms with van der Waals surface area (Å²) in [5.41, 5.74) is 3.18. The number of nitrogens with zero attached hydrogens (tertiary/aromatic N) is 2. The summed E-state index contributed by atoms with van der Waals surface area (Å²) in [7, 11) is 0. The van der Waals surface area contributed by atoms with E-state index in [0.717, 1.165) is 17.1 Å². The highest BCUT2D eigenvalue weighted by atomic mass is 16.2. The summed E-state index contributed by atoms with van der Waals surface area (Å²) >= 11 is 0. The van der Waals surface area contributed by atoms with Crippen molar-refractivity contribution in [2.45, 2.75) is 0 Å². The summed E-state index contributed by atoms with van der Waals surface area (Å²) in [6.07, 6.45) is 0. The van der Waals surface area contributed by atoms with Crippen molar-refractivity contribution < 1.29 is 4.79 Å². The number of carbonyl (C=O) groups excluding carboxylic acids is 1. The third-order valence-corrected chi connectivity index (χ3v) is 4.72.